The Bertz CT molecular complexity index is 1170. The van der Waals surface area contributed by atoms with E-state index in [0.717, 1.165) is 24.2 Å². The van der Waals surface area contributed by atoms with Gasteiger partial charge in [-0.1, -0.05) is 0 Å². The van der Waals surface area contributed by atoms with Gasteiger partial charge in [0.25, 0.3) is 0 Å². The summed E-state index contributed by atoms with van der Waals surface area (Å²) in [6.45, 7) is 1.66. The molecular formula is C21H23F3N6O2. The van der Waals surface area contributed by atoms with E-state index >= 15 is 0 Å². The quantitative estimate of drug-likeness (QED) is 0.628. The second-order valence-corrected chi connectivity index (χ2v) is 8.51. The number of amides is 1. The lowest BCUT2D eigenvalue weighted by Crippen LogP contribution is -2.48. The standard InChI is InChI=1S/C21H23F3N6O2/c1-28-5-4-13(28)11-32-17-10-25-29(2)19(17)12-3-6-30-14(7-12)8-18(27-30)26-20(31)15-9-16(15)21(22,23)24/h3,6-8,10,13,15-16H,4-5,9,11H2,1-2H3,(H,26,27,31)/t13-,15+,16+/m1/s1. The fourth-order valence-corrected chi connectivity index (χ4v) is 4.09. The van der Waals surface area contributed by atoms with E-state index in [-0.39, 0.29) is 12.2 Å². The van der Waals surface area contributed by atoms with Crippen LogP contribution in [-0.2, 0) is 11.8 Å². The number of anilines is 1. The average Bonchev–Trinajstić information content (AvgIpc) is 3.35. The van der Waals surface area contributed by atoms with Crippen LogP contribution in [-0.4, -0.2) is 62.6 Å². The SMILES string of the molecule is CN1CC[C@@H]1COc1cnn(C)c1-c1ccn2nc(NC(=O)[C@H]3C[C@@H]3C(F)(F)F)cc2c1. The molecule has 0 radical (unpaired) electrons. The lowest BCUT2D eigenvalue weighted by atomic mass is 10.1. The molecule has 1 aliphatic carbocycles. The number of aryl methyl sites for hydroxylation is 1. The van der Waals surface area contributed by atoms with Gasteiger partial charge in [-0.15, -0.1) is 0 Å². The molecule has 0 aromatic carbocycles. The second-order valence-electron chi connectivity index (χ2n) is 8.51. The van der Waals surface area contributed by atoms with Crippen molar-refractivity contribution in [2.45, 2.75) is 25.1 Å². The molecule has 1 amide bonds. The molecular weight excluding hydrogens is 425 g/mol. The minimum atomic E-state index is -4.34. The monoisotopic (exact) mass is 448 g/mol. The first-order chi connectivity index (χ1) is 15.2. The fourth-order valence-electron chi connectivity index (χ4n) is 4.09. The van der Waals surface area contributed by atoms with Crippen LogP contribution in [0.1, 0.15) is 12.8 Å². The Morgan fingerprint density at radius 3 is 2.78 bits per heavy atom. The minimum absolute atomic E-state index is 0.174. The average molecular weight is 448 g/mol. The molecule has 8 nitrogen and oxygen atoms in total. The number of carbonyl (C=O) groups excluding carboxylic acids is 1. The first-order valence-electron chi connectivity index (χ1n) is 10.4. The van der Waals surface area contributed by atoms with Crippen molar-refractivity contribution in [3.63, 3.8) is 0 Å². The molecule has 3 aromatic heterocycles. The van der Waals surface area contributed by atoms with Crippen molar-refractivity contribution in [1.29, 1.82) is 0 Å². The summed E-state index contributed by atoms with van der Waals surface area (Å²) in [7, 11) is 3.90. The van der Waals surface area contributed by atoms with Crippen LogP contribution in [0, 0.1) is 11.8 Å². The van der Waals surface area contributed by atoms with Crippen molar-refractivity contribution < 1.29 is 22.7 Å². The molecule has 1 aliphatic heterocycles. The van der Waals surface area contributed by atoms with Gasteiger partial charge in [0.2, 0.25) is 5.91 Å². The molecule has 0 unspecified atom stereocenters. The molecule has 2 aliphatic rings. The van der Waals surface area contributed by atoms with E-state index in [1.165, 1.54) is 0 Å². The maximum absolute atomic E-state index is 12.7. The molecule has 5 rings (SSSR count). The van der Waals surface area contributed by atoms with Crippen molar-refractivity contribution in [3.8, 4) is 17.0 Å². The molecule has 1 saturated carbocycles. The summed E-state index contributed by atoms with van der Waals surface area (Å²) in [4.78, 5) is 14.4. The highest BCUT2D eigenvalue weighted by Crippen LogP contribution is 2.50. The van der Waals surface area contributed by atoms with Crippen LogP contribution in [0.15, 0.2) is 30.6 Å². The summed E-state index contributed by atoms with van der Waals surface area (Å²) < 4.78 is 47.5. The molecule has 170 valence electrons. The van der Waals surface area contributed by atoms with Crippen LogP contribution < -0.4 is 10.1 Å². The van der Waals surface area contributed by atoms with Crippen molar-refractivity contribution >= 4 is 17.2 Å². The maximum atomic E-state index is 12.7. The number of likely N-dealkylation sites (tertiary alicyclic amines) is 1. The summed E-state index contributed by atoms with van der Waals surface area (Å²) in [5.41, 5.74) is 2.35. The normalized spacial score (nSPS) is 23.2. The summed E-state index contributed by atoms with van der Waals surface area (Å²) in [6.07, 6.45) is 0.00582. The van der Waals surface area contributed by atoms with Crippen LogP contribution in [0.2, 0.25) is 0 Å². The van der Waals surface area contributed by atoms with Crippen LogP contribution >= 0.6 is 0 Å². The number of fused-ring (bicyclic) bond motifs is 1. The Labute approximate surface area is 181 Å². The number of hydrogen-bond donors (Lipinski definition) is 1. The van der Waals surface area contributed by atoms with Crippen molar-refractivity contribution in [1.82, 2.24) is 24.3 Å². The first kappa shape index (κ1) is 20.8. The van der Waals surface area contributed by atoms with Gasteiger partial charge in [0.05, 0.1) is 23.5 Å². The van der Waals surface area contributed by atoms with Gasteiger partial charge >= 0.3 is 6.18 Å². The minimum Gasteiger partial charge on any atom is -0.488 e. The largest absolute Gasteiger partial charge is 0.488 e. The van der Waals surface area contributed by atoms with Crippen LogP contribution in [0.3, 0.4) is 0 Å². The number of pyridine rings is 1. The fraction of sp³-hybridized carbons (Fsp3) is 0.476. The number of hydrogen-bond acceptors (Lipinski definition) is 5. The lowest BCUT2D eigenvalue weighted by molar-refractivity contribution is -0.153. The molecule has 1 N–H and O–H groups in total. The molecule has 3 aromatic rings. The van der Waals surface area contributed by atoms with E-state index in [1.54, 1.807) is 27.7 Å². The van der Waals surface area contributed by atoms with E-state index in [4.69, 9.17) is 4.74 Å². The maximum Gasteiger partial charge on any atom is 0.392 e. The number of alkyl halides is 3. The van der Waals surface area contributed by atoms with Crippen molar-refractivity contribution in [2.24, 2.45) is 18.9 Å². The van der Waals surface area contributed by atoms with Gasteiger partial charge in [-0.25, -0.2) is 4.52 Å². The lowest BCUT2D eigenvalue weighted by Gasteiger charge is -2.37. The van der Waals surface area contributed by atoms with Crippen LogP contribution in [0.4, 0.5) is 19.0 Å². The summed E-state index contributed by atoms with van der Waals surface area (Å²) in [5, 5.41) is 11.1. The number of nitrogens with zero attached hydrogens (tertiary/aromatic N) is 5. The van der Waals surface area contributed by atoms with Gasteiger partial charge in [0.15, 0.2) is 11.6 Å². The molecule has 32 heavy (non-hydrogen) atoms. The highest BCUT2D eigenvalue weighted by atomic mass is 19.4. The zero-order valence-electron chi connectivity index (χ0n) is 17.6. The third-order valence-corrected chi connectivity index (χ3v) is 6.31. The topological polar surface area (TPSA) is 76.7 Å². The number of rotatable bonds is 6. The van der Waals surface area contributed by atoms with E-state index in [1.807, 2.05) is 19.2 Å². The molecule has 2 fully saturated rings. The highest BCUT2D eigenvalue weighted by molar-refractivity contribution is 5.94. The number of likely N-dealkylation sites (N-methyl/N-ethyl adjacent to an activating group) is 1. The zero-order chi connectivity index (χ0) is 22.6. The van der Waals surface area contributed by atoms with Crippen LogP contribution in [0.25, 0.3) is 16.8 Å². The predicted molar refractivity (Wildman–Crippen MR) is 110 cm³/mol. The van der Waals surface area contributed by atoms with Crippen molar-refractivity contribution in [3.05, 3.63) is 30.6 Å². The third-order valence-electron chi connectivity index (χ3n) is 6.31. The molecule has 0 spiro atoms. The van der Waals surface area contributed by atoms with E-state index in [9.17, 15) is 18.0 Å². The first-order valence-corrected chi connectivity index (χ1v) is 10.4. The number of carbonyl (C=O) groups is 1. The van der Waals surface area contributed by atoms with Gasteiger partial charge in [0, 0.05) is 30.9 Å². The number of aromatic nitrogens is 4. The van der Waals surface area contributed by atoms with Gasteiger partial charge in [0.1, 0.15) is 12.3 Å². The van der Waals surface area contributed by atoms with Gasteiger partial charge < -0.3 is 10.1 Å². The predicted octanol–water partition coefficient (Wildman–Crippen LogP) is 2.95. The Hall–Kier alpha value is -3.08. The Balaban J connectivity index is 1.33. The molecule has 0 bridgehead atoms. The van der Waals surface area contributed by atoms with Crippen molar-refractivity contribution in [2.75, 3.05) is 25.5 Å². The smallest absolute Gasteiger partial charge is 0.392 e. The molecule has 3 atom stereocenters. The summed E-state index contributed by atoms with van der Waals surface area (Å²) in [6, 6.07) is 5.76. The summed E-state index contributed by atoms with van der Waals surface area (Å²) in [5.74, 6) is -2.36. The van der Waals surface area contributed by atoms with Gasteiger partial charge in [-0.3, -0.25) is 14.4 Å². The van der Waals surface area contributed by atoms with Crippen LogP contribution in [0.5, 0.6) is 5.75 Å². The highest BCUT2D eigenvalue weighted by Gasteiger charge is 2.58. The number of nitrogens with one attached hydrogen (secondary N) is 1. The Kier molecular flexibility index (Phi) is 4.88. The van der Waals surface area contributed by atoms with Gasteiger partial charge in [-0.2, -0.15) is 23.4 Å². The third kappa shape index (κ3) is 3.81. The molecule has 4 heterocycles. The molecule has 11 heteroatoms. The number of halogens is 3. The number of ether oxygens (including phenoxy) is 1. The van der Waals surface area contributed by atoms with E-state index < -0.39 is 23.9 Å². The molecule has 1 saturated heterocycles. The van der Waals surface area contributed by atoms with E-state index in [2.05, 4.69) is 27.5 Å². The zero-order valence-corrected chi connectivity index (χ0v) is 17.6. The van der Waals surface area contributed by atoms with E-state index in [0.29, 0.717) is 23.9 Å². The Morgan fingerprint density at radius 2 is 2.12 bits per heavy atom. The Morgan fingerprint density at radius 1 is 1.31 bits per heavy atom. The summed E-state index contributed by atoms with van der Waals surface area (Å²) >= 11 is 0. The van der Waals surface area contributed by atoms with Gasteiger partial charge in [-0.05, 0) is 38.6 Å². The second kappa shape index (κ2) is 7.51.